The molecule has 1 unspecified atom stereocenters. The van der Waals surface area contributed by atoms with Crippen molar-refractivity contribution in [3.63, 3.8) is 0 Å². The smallest absolute Gasteiger partial charge is 0.123 e. The molecular weight excluding hydrogens is 219 g/mol. The highest BCUT2D eigenvalue weighted by Gasteiger charge is 2.13. The zero-order chi connectivity index (χ0) is 12.4. The van der Waals surface area contributed by atoms with Gasteiger partial charge in [-0.2, -0.15) is 5.10 Å². The van der Waals surface area contributed by atoms with Crippen molar-refractivity contribution >= 4 is 0 Å². The summed E-state index contributed by atoms with van der Waals surface area (Å²) in [6, 6.07) is 8.02. The molecule has 1 aromatic carbocycles. The maximum Gasteiger partial charge on any atom is 0.123 e. The van der Waals surface area contributed by atoms with E-state index in [1.165, 1.54) is 12.1 Å². The Morgan fingerprint density at radius 2 is 2.00 bits per heavy atom. The molecule has 17 heavy (non-hydrogen) atoms. The first-order valence-electron chi connectivity index (χ1n) is 5.49. The Bertz CT molecular complexity index is 505. The molecular formula is C13H15FN2O. The van der Waals surface area contributed by atoms with Crippen molar-refractivity contribution < 1.29 is 9.50 Å². The van der Waals surface area contributed by atoms with Gasteiger partial charge in [-0.1, -0.05) is 12.1 Å². The second kappa shape index (κ2) is 4.67. The van der Waals surface area contributed by atoms with Crippen LogP contribution >= 0.6 is 0 Å². The van der Waals surface area contributed by atoms with Gasteiger partial charge in [0.05, 0.1) is 17.5 Å². The Hall–Kier alpha value is -1.68. The molecule has 1 heterocycles. The lowest BCUT2D eigenvalue weighted by Gasteiger charge is -2.10. The van der Waals surface area contributed by atoms with E-state index >= 15 is 0 Å². The van der Waals surface area contributed by atoms with Crippen LogP contribution in [0.1, 0.15) is 23.1 Å². The predicted molar refractivity (Wildman–Crippen MR) is 63.0 cm³/mol. The van der Waals surface area contributed by atoms with Crippen molar-refractivity contribution in [2.75, 3.05) is 0 Å². The van der Waals surface area contributed by atoms with E-state index in [0.717, 1.165) is 17.0 Å². The zero-order valence-electron chi connectivity index (χ0n) is 9.89. The lowest BCUT2D eigenvalue weighted by atomic mass is 10.1. The first-order valence-corrected chi connectivity index (χ1v) is 5.49. The molecule has 2 rings (SSSR count). The summed E-state index contributed by atoms with van der Waals surface area (Å²) in [5.41, 5.74) is 2.55. The Balaban J connectivity index is 2.14. The van der Waals surface area contributed by atoms with E-state index in [9.17, 15) is 9.50 Å². The van der Waals surface area contributed by atoms with E-state index in [1.54, 1.807) is 23.9 Å². The molecule has 0 fully saturated rings. The van der Waals surface area contributed by atoms with Gasteiger partial charge in [-0.25, -0.2) is 4.39 Å². The van der Waals surface area contributed by atoms with E-state index in [0.29, 0.717) is 6.42 Å². The summed E-state index contributed by atoms with van der Waals surface area (Å²) in [7, 11) is 1.80. The molecule has 0 amide bonds. The summed E-state index contributed by atoms with van der Waals surface area (Å²) in [6.07, 6.45) is -0.161. The molecule has 0 spiro atoms. The Morgan fingerprint density at radius 1 is 1.35 bits per heavy atom. The van der Waals surface area contributed by atoms with E-state index < -0.39 is 6.10 Å². The molecule has 4 heteroatoms. The monoisotopic (exact) mass is 234 g/mol. The second-order valence-electron chi connectivity index (χ2n) is 4.18. The maximum atomic E-state index is 12.7. The van der Waals surface area contributed by atoms with Gasteiger partial charge < -0.3 is 5.11 Å². The minimum atomic E-state index is -0.619. The van der Waals surface area contributed by atoms with Crippen molar-refractivity contribution in [3.05, 3.63) is 53.1 Å². The van der Waals surface area contributed by atoms with Crippen LogP contribution in [-0.4, -0.2) is 14.9 Å². The molecule has 0 aliphatic rings. The molecule has 0 aliphatic heterocycles. The Morgan fingerprint density at radius 3 is 2.53 bits per heavy atom. The molecule has 2 aromatic rings. The highest BCUT2D eigenvalue weighted by atomic mass is 19.1. The molecule has 0 saturated carbocycles. The number of aryl methyl sites for hydroxylation is 2. The van der Waals surface area contributed by atoms with Crippen molar-refractivity contribution in [1.29, 1.82) is 0 Å². The molecule has 0 bridgehead atoms. The average Bonchev–Trinajstić information content (AvgIpc) is 2.61. The van der Waals surface area contributed by atoms with Gasteiger partial charge >= 0.3 is 0 Å². The fraction of sp³-hybridized carbons (Fsp3) is 0.308. The molecule has 1 aromatic heterocycles. The lowest BCUT2D eigenvalue weighted by Crippen LogP contribution is -2.07. The molecule has 0 aliphatic carbocycles. The van der Waals surface area contributed by atoms with Crippen LogP contribution in [0.15, 0.2) is 30.3 Å². The van der Waals surface area contributed by atoms with E-state index in [2.05, 4.69) is 5.10 Å². The fourth-order valence-electron chi connectivity index (χ4n) is 1.89. The van der Waals surface area contributed by atoms with Gasteiger partial charge in [0.25, 0.3) is 0 Å². The highest BCUT2D eigenvalue weighted by Crippen LogP contribution is 2.18. The van der Waals surface area contributed by atoms with Crippen LogP contribution in [-0.2, 0) is 13.5 Å². The minimum absolute atomic E-state index is 0.264. The van der Waals surface area contributed by atoms with Crippen LogP contribution < -0.4 is 0 Å². The SMILES string of the molecule is Cc1cc(C(O)Cc2ccc(F)cc2)n(C)n1. The first kappa shape index (κ1) is 11.8. The number of rotatable bonds is 3. The Labute approximate surface area is 99.5 Å². The van der Waals surface area contributed by atoms with Gasteiger partial charge in [-0.05, 0) is 30.7 Å². The van der Waals surface area contributed by atoms with Gasteiger partial charge in [-0.15, -0.1) is 0 Å². The summed E-state index contributed by atoms with van der Waals surface area (Å²) in [5.74, 6) is -0.264. The van der Waals surface area contributed by atoms with Crippen LogP contribution in [0.2, 0.25) is 0 Å². The maximum absolute atomic E-state index is 12.7. The van der Waals surface area contributed by atoms with Crippen LogP contribution in [0.4, 0.5) is 4.39 Å². The van der Waals surface area contributed by atoms with Crippen molar-refractivity contribution in [2.45, 2.75) is 19.4 Å². The number of aliphatic hydroxyl groups excluding tert-OH is 1. The zero-order valence-corrected chi connectivity index (χ0v) is 9.89. The third-order valence-corrected chi connectivity index (χ3v) is 2.72. The number of benzene rings is 1. The first-order chi connectivity index (χ1) is 8.06. The molecule has 0 saturated heterocycles. The third kappa shape index (κ3) is 2.71. The summed E-state index contributed by atoms with van der Waals surface area (Å²) in [6.45, 7) is 1.88. The minimum Gasteiger partial charge on any atom is -0.386 e. The number of hydrogen-bond acceptors (Lipinski definition) is 2. The summed E-state index contributed by atoms with van der Waals surface area (Å²) >= 11 is 0. The summed E-state index contributed by atoms with van der Waals surface area (Å²) < 4.78 is 14.4. The molecule has 90 valence electrons. The summed E-state index contributed by atoms with van der Waals surface area (Å²) in [4.78, 5) is 0. The standard InChI is InChI=1S/C13H15FN2O/c1-9-7-12(16(2)15-9)13(17)8-10-3-5-11(14)6-4-10/h3-7,13,17H,8H2,1-2H3. The van der Waals surface area contributed by atoms with Gasteiger partial charge in [0.15, 0.2) is 0 Å². The van der Waals surface area contributed by atoms with Gasteiger partial charge in [0, 0.05) is 13.5 Å². The normalized spacial score (nSPS) is 12.7. The van der Waals surface area contributed by atoms with Gasteiger partial charge in [0.2, 0.25) is 0 Å². The lowest BCUT2D eigenvalue weighted by molar-refractivity contribution is 0.168. The molecule has 1 atom stereocenters. The largest absolute Gasteiger partial charge is 0.386 e. The molecule has 1 N–H and O–H groups in total. The molecule has 0 radical (unpaired) electrons. The van der Waals surface area contributed by atoms with E-state index in [4.69, 9.17) is 0 Å². The van der Waals surface area contributed by atoms with E-state index in [-0.39, 0.29) is 5.82 Å². The number of hydrogen-bond donors (Lipinski definition) is 1. The van der Waals surface area contributed by atoms with Crippen LogP contribution in [0.3, 0.4) is 0 Å². The number of aromatic nitrogens is 2. The number of aliphatic hydroxyl groups is 1. The predicted octanol–water partition coefficient (Wildman–Crippen LogP) is 2.14. The van der Waals surface area contributed by atoms with Gasteiger partial charge in [-0.3, -0.25) is 4.68 Å². The van der Waals surface area contributed by atoms with Crippen molar-refractivity contribution in [3.8, 4) is 0 Å². The van der Waals surface area contributed by atoms with Crippen LogP contribution in [0, 0.1) is 12.7 Å². The average molecular weight is 234 g/mol. The molecule has 3 nitrogen and oxygen atoms in total. The number of nitrogens with zero attached hydrogens (tertiary/aromatic N) is 2. The quantitative estimate of drug-likeness (QED) is 0.883. The van der Waals surface area contributed by atoms with Crippen molar-refractivity contribution in [1.82, 2.24) is 9.78 Å². The third-order valence-electron chi connectivity index (χ3n) is 2.72. The van der Waals surface area contributed by atoms with Crippen LogP contribution in [0.25, 0.3) is 0 Å². The number of halogens is 1. The summed E-state index contributed by atoms with van der Waals surface area (Å²) in [5, 5.41) is 14.3. The Kier molecular flexibility index (Phi) is 3.24. The van der Waals surface area contributed by atoms with E-state index in [1.807, 2.05) is 13.0 Å². The van der Waals surface area contributed by atoms with Crippen molar-refractivity contribution in [2.24, 2.45) is 7.05 Å². The topological polar surface area (TPSA) is 38.0 Å². The van der Waals surface area contributed by atoms with Gasteiger partial charge in [0.1, 0.15) is 5.82 Å². The van der Waals surface area contributed by atoms with Crippen LogP contribution in [0.5, 0.6) is 0 Å². The fourth-order valence-corrected chi connectivity index (χ4v) is 1.89. The highest BCUT2D eigenvalue weighted by molar-refractivity contribution is 5.20. The second-order valence-corrected chi connectivity index (χ2v) is 4.18.